The number of hydrogen-bond acceptors (Lipinski definition) is 4. The highest BCUT2D eigenvalue weighted by atomic mass is 16.6. The molecule has 1 fully saturated rings. The molecule has 0 bridgehead atoms. The second kappa shape index (κ2) is 5.51. The quantitative estimate of drug-likeness (QED) is 0.638. The van der Waals surface area contributed by atoms with E-state index in [1.54, 1.807) is 16.9 Å². The van der Waals surface area contributed by atoms with Crippen LogP contribution in [0.5, 0.6) is 0 Å². The predicted molar refractivity (Wildman–Crippen MR) is 76.8 cm³/mol. The first-order chi connectivity index (χ1) is 10.1. The first-order valence-electron chi connectivity index (χ1n) is 7.03. The molecule has 0 N–H and O–H groups in total. The van der Waals surface area contributed by atoms with Gasteiger partial charge in [0.15, 0.2) is 0 Å². The predicted octanol–water partition coefficient (Wildman–Crippen LogP) is 1.96. The average molecular weight is 288 g/mol. The van der Waals surface area contributed by atoms with Gasteiger partial charge in [0.1, 0.15) is 6.54 Å². The zero-order chi connectivity index (χ0) is 14.8. The Balaban J connectivity index is 1.84. The molecule has 0 unspecified atom stereocenters. The number of fused-ring (bicyclic) bond motifs is 1. The summed E-state index contributed by atoms with van der Waals surface area (Å²) in [5.74, 6) is 0.0196. The zero-order valence-electron chi connectivity index (χ0n) is 11.6. The van der Waals surface area contributed by atoms with Crippen LogP contribution in [0, 0.1) is 10.1 Å². The number of non-ortho nitro benzene ring substituents is 1. The molecule has 0 radical (unpaired) electrons. The molecule has 1 aliphatic heterocycles. The summed E-state index contributed by atoms with van der Waals surface area (Å²) < 4.78 is 1.54. The number of likely N-dealkylation sites (tertiary alicyclic amines) is 1. The van der Waals surface area contributed by atoms with Gasteiger partial charge in [-0.15, -0.1) is 0 Å². The van der Waals surface area contributed by atoms with Crippen molar-refractivity contribution in [2.24, 2.45) is 0 Å². The van der Waals surface area contributed by atoms with Gasteiger partial charge in [0.25, 0.3) is 5.69 Å². The van der Waals surface area contributed by atoms with E-state index >= 15 is 0 Å². The first kappa shape index (κ1) is 13.5. The molecule has 0 spiro atoms. The third-order valence-corrected chi connectivity index (χ3v) is 3.83. The average Bonchev–Trinajstić information content (AvgIpc) is 2.90. The normalized spacial score (nSPS) is 15.3. The molecule has 110 valence electrons. The second-order valence-electron chi connectivity index (χ2n) is 5.24. The van der Waals surface area contributed by atoms with Crippen molar-refractivity contribution in [1.82, 2.24) is 14.7 Å². The lowest BCUT2D eigenvalue weighted by atomic mass is 10.1. The molecule has 0 aliphatic carbocycles. The van der Waals surface area contributed by atoms with Crippen LogP contribution in [0.1, 0.15) is 19.3 Å². The van der Waals surface area contributed by atoms with Crippen molar-refractivity contribution in [3.63, 3.8) is 0 Å². The number of piperidine rings is 1. The number of nitro benzene ring substituents is 1. The molecule has 2 heterocycles. The topological polar surface area (TPSA) is 81.3 Å². The Morgan fingerprint density at radius 1 is 1.29 bits per heavy atom. The summed E-state index contributed by atoms with van der Waals surface area (Å²) in [4.78, 5) is 24.5. The molecular formula is C14H16N4O3. The minimum atomic E-state index is -0.441. The fourth-order valence-electron chi connectivity index (χ4n) is 2.67. The van der Waals surface area contributed by atoms with Crippen molar-refractivity contribution in [3.05, 3.63) is 34.5 Å². The molecule has 7 nitrogen and oxygen atoms in total. The zero-order valence-corrected chi connectivity index (χ0v) is 11.6. The van der Waals surface area contributed by atoms with Crippen LogP contribution in [0.25, 0.3) is 10.9 Å². The molecule has 1 saturated heterocycles. The van der Waals surface area contributed by atoms with Gasteiger partial charge in [0.2, 0.25) is 5.91 Å². The molecule has 1 aromatic heterocycles. The maximum Gasteiger partial charge on any atom is 0.271 e. The number of benzene rings is 1. The van der Waals surface area contributed by atoms with Gasteiger partial charge >= 0.3 is 0 Å². The van der Waals surface area contributed by atoms with Crippen molar-refractivity contribution in [1.29, 1.82) is 0 Å². The minimum absolute atomic E-state index is 0.00896. The fourth-order valence-corrected chi connectivity index (χ4v) is 2.67. The minimum Gasteiger partial charge on any atom is -0.341 e. The van der Waals surface area contributed by atoms with Crippen molar-refractivity contribution < 1.29 is 9.72 Å². The lowest BCUT2D eigenvalue weighted by Gasteiger charge is -2.26. The summed E-state index contributed by atoms with van der Waals surface area (Å²) in [5.41, 5.74) is 0.629. The van der Waals surface area contributed by atoms with E-state index in [1.807, 2.05) is 4.90 Å². The summed E-state index contributed by atoms with van der Waals surface area (Å²) in [5, 5.41) is 15.8. The molecule has 0 atom stereocenters. The largest absolute Gasteiger partial charge is 0.341 e. The maximum absolute atomic E-state index is 12.3. The van der Waals surface area contributed by atoms with Gasteiger partial charge in [-0.2, -0.15) is 5.10 Å². The van der Waals surface area contributed by atoms with Crippen LogP contribution in [0.4, 0.5) is 5.69 Å². The van der Waals surface area contributed by atoms with Crippen LogP contribution < -0.4 is 0 Å². The third-order valence-electron chi connectivity index (χ3n) is 3.83. The number of hydrogen-bond donors (Lipinski definition) is 0. The highest BCUT2D eigenvalue weighted by Gasteiger charge is 2.18. The van der Waals surface area contributed by atoms with Crippen molar-refractivity contribution in [2.45, 2.75) is 25.8 Å². The van der Waals surface area contributed by atoms with Crippen LogP contribution in [-0.4, -0.2) is 38.6 Å². The van der Waals surface area contributed by atoms with E-state index in [-0.39, 0.29) is 18.1 Å². The van der Waals surface area contributed by atoms with Gasteiger partial charge < -0.3 is 4.90 Å². The van der Waals surface area contributed by atoms with Gasteiger partial charge in [0.05, 0.1) is 16.6 Å². The van der Waals surface area contributed by atoms with E-state index < -0.39 is 4.92 Å². The Labute approximate surface area is 121 Å². The van der Waals surface area contributed by atoms with Gasteiger partial charge in [0, 0.05) is 30.6 Å². The number of amides is 1. The first-order valence-corrected chi connectivity index (χ1v) is 7.03. The number of nitrogens with zero attached hydrogens (tertiary/aromatic N) is 4. The molecular weight excluding hydrogens is 272 g/mol. The Hall–Kier alpha value is -2.44. The molecule has 7 heteroatoms. The Kier molecular flexibility index (Phi) is 3.55. The van der Waals surface area contributed by atoms with Gasteiger partial charge in [-0.3, -0.25) is 19.6 Å². The fraction of sp³-hybridized carbons (Fsp3) is 0.429. The van der Waals surface area contributed by atoms with E-state index in [4.69, 9.17) is 0 Å². The van der Waals surface area contributed by atoms with E-state index in [1.165, 1.54) is 18.6 Å². The van der Waals surface area contributed by atoms with Crippen molar-refractivity contribution >= 4 is 22.5 Å². The summed E-state index contributed by atoms with van der Waals surface area (Å²) >= 11 is 0. The molecule has 2 aromatic rings. The highest BCUT2D eigenvalue weighted by Crippen LogP contribution is 2.21. The number of carbonyl (C=O) groups excluding carboxylic acids is 1. The number of carbonyl (C=O) groups is 1. The van der Waals surface area contributed by atoms with E-state index in [9.17, 15) is 14.9 Å². The number of aromatic nitrogens is 2. The van der Waals surface area contributed by atoms with Crippen LogP contribution in [0.3, 0.4) is 0 Å². The van der Waals surface area contributed by atoms with E-state index in [0.29, 0.717) is 5.52 Å². The molecule has 21 heavy (non-hydrogen) atoms. The van der Waals surface area contributed by atoms with Crippen LogP contribution >= 0.6 is 0 Å². The molecule has 1 aliphatic rings. The van der Waals surface area contributed by atoms with Gasteiger partial charge in [-0.25, -0.2) is 0 Å². The Morgan fingerprint density at radius 3 is 2.76 bits per heavy atom. The smallest absolute Gasteiger partial charge is 0.271 e. The monoisotopic (exact) mass is 288 g/mol. The number of rotatable bonds is 3. The highest BCUT2D eigenvalue weighted by molar-refractivity contribution is 5.83. The SMILES string of the molecule is O=C(Cn1ncc2ccc([N+](=O)[O-])cc21)N1CCCCC1. The molecule has 1 amide bonds. The summed E-state index contributed by atoms with van der Waals surface area (Å²) in [7, 11) is 0. The van der Waals surface area contributed by atoms with Crippen molar-refractivity contribution in [2.75, 3.05) is 13.1 Å². The summed E-state index contributed by atoms with van der Waals surface area (Å²) in [6.45, 7) is 1.71. The Bertz CT molecular complexity index is 689. The van der Waals surface area contributed by atoms with Crippen LogP contribution in [0.2, 0.25) is 0 Å². The van der Waals surface area contributed by atoms with Crippen molar-refractivity contribution in [3.8, 4) is 0 Å². The van der Waals surface area contributed by atoms with Gasteiger partial charge in [-0.05, 0) is 25.3 Å². The molecule has 0 saturated carbocycles. The lowest BCUT2D eigenvalue weighted by molar-refractivity contribution is -0.384. The maximum atomic E-state index is 12.3. The summed E-state index contributed by atoms with van der Waals surface area (Å²) in [6, 6.07) is 4.56. The number of nitro groups is 1. The van der Waals surface area contributed by atoms with E-state index in [0.717, 1.165) is 31.3 Å². The molecule has 1 aromatic carbocycles. The van der Waals surface area contributed by atoms with Crippen LogP contribution in [0.15, 0.2) is 24.4 Å². The van der Waals surface area contributed by atoms with Gasteiger partial charge in [-0.1, -0.05) is 0 Å². The summed E-state index contributed by atoms with van der Waals surface area (Å²) in [6.07, 6.45) is 4.87. The third kappa shape index (κ3) is 2.72. The Morgan fingerprint density at radius 2 is 2.05 bits per heavy atom. The standard InChI is InChI=1S/C14H16N4O3/c19-14(16-6-2-1-3-7-16)10-17-13-8-12(18(20)21)5-4-11(13)9-15-17/h4-5,8-9H,1-3,6-7,10H2. The second-order valence-corrected chi connectivity index (χ2v) is 5.24. The van der Waals surface area contributed by atoms with Crippen LogP contribution in [-0.2, 0) is 11.3 Å². The molecule has 3 rings (SSSR count). The lowest BCUT2D eigenvalue weighted by Crippen LogP contribution is -2.37. The van der Waals surface area contributed by atoms with E-state index in [2.05, 4.69) is 5.10 Å².